The van der Waals surface area contributed by atoms with Gasteiger partial charge in [0.25, 0.3) is 11.9 Å². The van der Waals surface area contributed by atoms with Gasteiger partial charge in [-0.3, -0.25) is 4.79 Å². The number of carbonyl (C=O) groups is 1. The molecule has 2 rings (SSSR count). The quantitative estimate of drug-likeness (QED) is 0.852. The van der Waals surface area contributed by atoms with Gasteiger partial charge in [-0.05, 0) is 30.5 Å². The van der Waals surface area contributed by atoms with Gasteiger partial charge >= 0.3 is 0 Å². The molecule has 1 atom stereocenters. The van der Waals surface area contributed by atoms with Crippen LogP contribution < -0.4 is 4.74 Å². The summed E-state index contributed by atoms with van der Waals surface area (Å²) in [5, 5.41) is 9.64. The summed E-state index contributed by atoms with van der Waals surface area (Å²) in [6.07, 6.45) is 0.659. The Balaban J connectivity index is 2.30. The van der Waals surface area contributed by atoms with Crippen LogP contribution in [0.2, 0.25) is 0 Å². The second kappa shape index (κ2) is 7.83. The van der Waals surface area contributed by atoms with E-state index >= 15 is 0 Å². The molecule has 5 heteroatoms. The lowest BCUT2D eigenvalue weighted by atomic mass is 10.1. The second-order valence-corrected chi connectivity index (χ2v) is 5.43. The molecule has 5 nitrogen and oxygen atoms in total. The van der Waals surface area contributed by atoms with Crippen LogP contribution in [-0.4, -0.2) is 35.7 Å². The molecule has 0 aliphatic carbocycles. The van der Waals surface area contributed by atoms with Crippen molar-refractivity contribution in [1.29, 1.82) is 0 Å². The molecular formula is C18H23NO4. The van der Waals surface area contributed by atoms with Gasteiger partial charge in [-0.15, -0.1) is 0 Å². The van der Waals surface area contributed by atoms with Crippen LogP contribution in [0.25, 0.3) is 0 Å². The number of amides is 1. The number of hydrogen-bond acceptors (Lipinski definition) is 4. The number of furan rings is 1. The highest BCUT2D eigenvalue weighted by Gasteiger charge is 2.26. The minimum Gasteiger partial charge on any atom is -0.468 e. The number of carbonyl (C=O) groups excluding carboxylic acids is 1. The Kier molecular flexibility index (Phi) is 5.82. The minimum absolute atomic E-state index is 0.0913. The molecule has 0 spiro atoms. The lowest BCUT2D eigenvalue weighted by Crippen LogP contribution is -2.41. The molecule has 0 saturated heterocycles. The van der Waals surface area contributed by atoms with E-state index < -0.39 is 0 Å². The van der Waals surface area contributed by atoms with E-state index in [0.717, 1.165) is 11.1 Å². The van der Waals surface area contributed by atoms with Crippen molar-refractivity contribution in [2.24, 2.45) is 0 Å². The highest BCUT2D eigenvalue weighted by Crippen LogP contribution is 2.21. The van der Waals surface area contributed by atoms with Gasteiger partial charge in [-0.2, -0.15) is 0 Å². The normalized spacial score (nSPS) is 12.0. The molecule has 0 aliphatic heterocycles. The Labute approximate surface area is 136 Å². The molecule has 23 heavy (non-hydrogen) atoms. The fourth-order valence-electron chi connectivity index (χ4n) is 2.47. The van der Waals surface area contributed by atoms with Crippen LogP contribution in [-0.2, 0) is 6.54 Å². The van der Waals surface area contributed by atoms with Crippen LogP contribution >= 0.6 is 0 Å². The Bertz CT molecular complexity index is 646. The van der Waals surface area contributed by atoms with Crippen molar-refractivity contribution in [2.75, 3.05) is 13.7 Å². The van der Waals surface area contributed by atoms with E-state index in [1.165, 1.54) is 7.11 Å². The van der Waals surface area contributed by atoms with Gasteiger partial charge in [0, 0.05) is 12.6 Å². The van der Waals surface area contributed by atoms with Gasteiger partial charge in [0.15, 0.2) is 5.76 Å². The highest BCUT2D eigenvalue weighted by atomic mass is 16.6. The molecule has 0 saturated carbocycles. The predicted molar refractivity (Wildman–Crippen MR) is 87.5 cm³/mol. The number of aliphatic hydroxyl groups excluding tert-OH is 1. The van der Waals surface area contributed by atoms with Crippen molar-refractivity contribution in [3.05, 3.63) is 53.3 Å². The predicted octanol–water partition coefficient (Wildman–Crippen LogP) is 3.01. The number of benzene rings is 1. The first-order chi connectivity index (χ1) is 11.1. The third kappa shape index (κ3) is 3.93. The smallest absolute Gasteiger partial charge is 0.290 e. The van der Waals surface area contributed by atoms with E-state index in [2.05, 4.69) is 0 Å². The minimum atomic E-state index is -0.266. The number of ether oxygens (including phenoxy) is 1. The molecule has 0 unspecified atom stereocenters. The maximum atomic E-state index is 12.8. The molecule has 1 aromatic carbocycles. The number of hydrogen-bond donors (Lipinski definition) is 1. The third-order valence-electron chi connectivity index (χ3n) is 3.98. The van der Waals surface area contributed by atoms with Crippen molar-refractivity contribution in [1.82, 2.24) is 4.90 Å². The van der Waals surface area contributed by atoms with Crippen molar-refractivity contribution in [2.45, 2.75) is 32.9 Å². The van der Waals surface area contributed by atoms with Gasteiger partial charge in [0.1, 0.15) is 0 Å². The van der Waals surface area contributed by atoms with E-state index in [9.17, 15) is 9.90 Å². The number of methoxy groups -OCH3 is 1. The van der Waals surface area contributed by atoms with Crippen LogP contribution in [0.3, 0.4) is 0 Å². The summed E-state index contributed by atoms with van der Waals surface area (Å²) >= 11 is 0. The van der Waals surface area contributed by atoms with E-state index in [1.54, 1.807) is 17.0 Å². The summed E-state index contributed by atoms with van der Waals surface area (Å²) in [4.78, 5) is 14.5. The van der Waals surface area contributed by atoms with E-state index in [4.69, 9.17) is 9.15 Å². The Morgan fingerprint density at radius 2 is 2.04 bits per heavy atom. The van der Waals surface area contributed by atoms with Crippen LogP contribution in [0, 0.1) is 6.92 Å². The zero-order valence-electron chi connectivity index (χ0n) is 13.8. The maximum absolute atomic E-state index is 12.8. The first-order valence-corrected chi connectivity index (χ1v) is 7.70. The van der Waals surface area contributed by atoms with Gasteiger partial charge in [0.05, 0.1) is 19.8 Å². The average molecular weight is 317 g/mol. The summed E-state index contributed by atoms with van der Waals surface area (Å²) < 4.78 is 10.4. The van der Waals surface area contributed by atoms with Gasteiger partial charge in [-0.1, -0.05) is 31.2 Å². The largest absolute Gasteiger partial charge is 0.468 e. The average Bonchev–Trinajstić information content (AvgIpc) is 3.05. The molecule has 124 valence electrons. The van der Waals surface area contributed by atoms with Crippen LogP contribution in [0.5, 0.6) is 5.95 Å². The Morgan fingerprint density at radius 3 is 2.61 bits per heavy atom. The first kappa shape index (κ1) is 17.1. The number of aliphatic hydroxyl groups is 1. The molecule has 0 bridgehead atoms. The molecular weight excluding hydrogens is 294 g/mol. The molecule has 1 N–H and O–H groups in total. The maximum Gasteiger partial charge on any atom is 0.290 e. The fraction of sp³-hybridized carbons (Fsp3) is 0.389. The molecule has 1 amide bonds. The molecule has 2 aromatic rings. The number of rotatable bonds is 7. The third-order valence-corrected chi connectivity index (χ3v) is 3.98. The first-order valence-electron chi connectivity index (χ1n) is 7.70. The summed E-state index contributed by atoms with van der Waals surface area (Å²) in [5.74, 6) is 0.251. The molecule has 0 fully saturated rings. The monoisotopic (exact) mass is 317 g/mol. The summed E-state index contributed by atoms with van der Waals surface area (Å²) in [5.41, 5.74) is 2.15. The van der Waals surface area contributed by atoms with Crippen molar-refractivity contribution < 1.29 is 19.1 Å². The molecule has 0 radical (unpaired) electrons. The SMILES string of the molecule is CC[C@H](CO)N(Cc1ccccc1C)C(=O)c1ccc(OC)o1. The molecule has 0 aliphatic rings. The van der Waals surface area contributed by atoms with E-state index in [-0.39, 0.29) is 24.3 Å². The van der Waals surface area contributed by atoms with Crippen LogP contribution in [0.15, 0.2) is 40.8 Å². The zero-order valence-corrected chi connectivity index (χ0v) is 13.8. The lowest BCUT2D eigenvalue weighted by molar-refractivity contribution is 0.0527. The summed E-state index contributed by atoms with van der Waals surface area (Å²) in [6, 6.07) is 10.8. The Morgan fingerprint density at radius 1 is 1.30 bits per heavy atom. The van der Waals surface area contributed by atoms with Crippen molar-refractivity contribution in [3.63, 3.8) is 0 Å². The highest BCUT2D eigenvalue weighted by molar-refractivity contribution is 5.91. The topological polar surface area (TPSA) is 62.9 Å². The van der Waals surface area contributed by atoms with Crippen LogP contribution in [0.1, 0.15) is 35.0 Å². The zero-order chi connectivity index (χ0) is 16.8. The number of nitrogens with zero attached hydrogens (tertiary/aromatic N) is 1. The van der Waals surface area contributed by atoms with E-state index in [0.29, 0.717) is 18.9 Å². The molecule has 1 heterocycles. The number of aryl methyl sites for hydroxylation is 1. The summed E-state index contributed by atoms with van der Waals surface area (Å²) in [7, 11) is 1.49. The standard InChI is InChI=1S/C18H23NO4/c1-4-15(12-20)19(11-14-8-6-5-7-13(14)2)18(21)16-9-10-17(22-3)23-16/h5-10,15,20H,4,11-12H2,1-3H3/t15-/m1/s1. The lowest BCUT2D eigenvalue weighted by Gasteiger charge is -2.29. The second-order valence-electron chi connectivity index (χ2n) is 5.43. The summed E-state index contributed by atoms with van der Waals surface area (Å²) in [6.45, 7) is 4.29. The van der Waals surface area contributed by atoms with Crippen molar-refractivity contribution in [3.8, 4) is 5.95 Å². The van der Waals surface area contributed by atoms with Gasteiger partial charge < -0.3 is 19.2 Å². The van der Waals surface area contributed by atoms with Gasteiger partial charge in [0.2, 0.25) is 0 Å². The van der Waals surface area contributed by atoms with E-state index in [1.807, 2.05) is 38.1 Å². The van der Waals surface area contributed by atoms with Crippen molar-refractivity contribution >= 4 is 5.91 Å². The fourth-order valence-corrected chi connectivity index (χ4v) is 2.47. The van der Waals surface area contributed by atoms with Crippen LogP contribution in [0.4, 0.5) is 0 Å². The van der Waals surface area contributed by atoms with Gasteiger partial charge in [-0.25, -0.2) is 0 Å². The molecule has 1 aromatic heterocycles. The Hall–Kier alpha value is -2.27.